The van der Waals surface area contributed by atoms with Crippen molar-refractivity contribution >= 4 is 18.9 Å². The Balaban J connectivity index is 0.000000640. The molecule has 0 spiro atoms. The zero-order valence-electron chi connectivity index (χ0n) is 4.76. The van der Waals surface area contributed by atoms with Crippen molar-refractivity contribution < 1.29 is 5.11 Å². The van der Waals surface area contributed by atoms with E-state index in [1.807, 2.05) is 19.1 Å². The van der Waals surface area contributed by atoms with Gasteiger partial charge >= 0.3 is 18.9 Å². The van der Waals surface area contributed by atoms with Crippen LogP contribution in [0.5, 0.6) is 5.75 Å². The zero-order chi connectivity index (χ0) is 5.98. The van der Waals surface area contributed by atoms with Crippen LogP contribution in [0.3, 0.4) is 0 Å². The fourth-order valence-corrected chi connectivity index (χ4v) is 0.628. The average molecular weight is 116 g/mol. The van der Waals surface area contributed by atoms with Crippen LogP contribution in [0.2, 0.25) is 0 Å². The van der Waals surface area contributed by atoms with Crippen molar-refractivity contribution in [1.82, 2.24) is 0 Å². The quantitative estimate of drug-likeness (QED) is 0.502. The van der Waals surface area contributed by atoms with Gasteiger partial charge in [0.05, 0.1) is 0 Å². The summed E-state index contributed by atoms with van der Waals surface area (Å²) in [6, 6.07) is 7.15. The normalized spacial score (nSPS) is 8.11. The standard InChI is InChI=1S/C7H8O.Li.H/c1-6-3-2-4-7(8)5-6;;/h2-5,8H,1H3;;. The van der Waals surface area contributed by atoms with Crippen LogP contribution >= 0.6 is 0 Å². The molecule has 2 heteroatoms. The second kappa shape index (κ2) is 3.61. The molecule has 1 N–H and O–H groups in total. The Labute approximate surface area is 66.9 Å². The van der Waals surface area contributed by atoms with Gasteiger partial charge in [0.25, 0.3) is 0 Å². The number of aryl methyl sites for hydroxylation is 1. The molecule has 0 bridgehead atoms. The van der Waals surface area contributed by atoms with E-state index in [1.54, 1.807) is 12.1 Å². The van der Waals surface area contributed by atoms with Crippen molar-refractivity contribution in [3.05, 3.63) is 29.8 Å². The molecule has 1 nitrogen and oxygen atoms in total. The Hall–Kier alpha value is -0.383. The van der Waals surface area contributed by atoms with Crippen LogP contribution in [0.1, 0.15) is 5.56 Å². The number of hydrogen-bond acceptors (Lipinski definition) is 1. The van der Waals surface area contributed by atoms with Crippen LogP contribution in [-0.2, 0) is 0 Å². The van der Waals surface area contributed by atoms with E-state index < -0.39 is 0 Å². The van der Waals surface area contributed by atoms with Gasteiger partial charge in [-0.2, -0.15) is 0 Å². The summed E-state index contributed by atoms with van der Waals surface area (Å²) in [4.78, 5) is 0. The van der Waals surface area contributed by atoms with Crippen molar-refractivity contribution in [3.8, 4) is 5.75 Å². The maximum atomic E-state index is 8.81. The van der Waals surface area contributed by atoms with Gasteiger partial charge in [0.15, 0.2) is 0 Å². The van der Waals surface area contributed by atoms with Crippen molar-refractivity contribution in [3.63, 3.8) is 0 Å². The van der Waals surface area contributed by atoms with Gasteiger partial charge in [-0.05, 0) is 24.6 Å². The molecule has 0 fully saturated rings. The fraction of sp³-hybridized carbons (Fsp3) is 0.143. The van der Waals surface area contributed by atoms with Gasteiger partial charge in [-0.25, -0.2) is 0 Å². The molecule has 0 aliphatic rings. The topological polar surface area (TPSA) is 20.2 Å². The van der Waals surface area contributed by atoms with Crippen LogP contribution in [0, 0.1) is 6.92 Å². The first-order valence-corrected chi connectivity index (χ1v) is 2.54. The van der Waals surface area contributed by atoms with Gasteiger partial charge in [-0.1, -0.05) is 12.1 Å². The average Bonchev–Trinajstić information content (AvgIpc) is 1.64. The van der Waals surface area contributed by atoms with E-state index in [2.05, 4.69) is 0 Å². The van der Waals surface area contributed by atoms with Crippen LogP contribution in [0.15, 0.2) is 24.3 Å². The molecule has 0 saturated heterocycles. The Morgan fingerprint density at radius 3 is 2.33 bits per heavy atom. The summed E-state index contributed by atoms with van der Waals surface area (Å²) in [5.74, 6) is 0.338. The van der Waals surface area contributed by atoms with E-state index >= 15 is 0 Å². The Bertz CT molecular complexity index is 169. The van der Waals surface area contributed by atoms with Crippen molar-refractivity contribution in [2.45, 2.75) is 6.92 Å². The second-order valence-corrected chi connectivity index (χ2v) is 1.84. The molecule has 0 amide bonds. The molecule has 1 aromatic carbocycles. The van der Waals surface area contributed by atoms with Crippen molar-refractivity contribution in [2.24, 2.45) is 0 Å². The monoisotopic (exact) mass is 116 g/mol. The molecule has 44 valence electrons. The van der Waals surface area contributed by atoms with Crippen molar-refractivity contribution in [1.29, 1.82) is 0 Å². The molecule has 0 unspecified atom stereocenters. The van der Waals surface area contributed by atoms with E-state index in [1.165, 1.54) is 0 Å². The number of rotatable bonds is 0. The van der Waals surface area contributed by atoms with Gasteiger partial charge in [0.1, 0.15) is 5.75 Å². The van der Waals surface area contributed by atoms with Gasteiger partial charge in [-0.3, -0.25) is 0 Å². The summed E-state index contributed by atoms with van der Waals surface area (Å²) in [5.41, 5.74) is 1.09. The third-order valence-corrected chi connectivity index (χ3v) is 1.00. The SMILES string of the molecule is Cc1cccc(O)c1.[LiH]. The number of benzene rings is 1. The molecule has 0 aliphatic heterocycles. The third kappa shape index (κ3) is 2.60. The molecule has 9 heavy (non-hydrogen) atoms. The molecule has 1 aromatic rings. The first kappa shape index (κ1) is 8.62. The molecule has 1 rings (SSSR count). The minimum absolute atomic E-state index is 0. The van der Waals surface area contributed by atoms with Gasteiger partial charge in [-0.15, -0.1) is 0 Å². The van der Waals surface area contributed by atoms with Gasteiger partial charge in [0, 0.05) is 0 Å². The number of phenolic OH excluding ortho intramolecular Hbond substituents is 1. The van der Waals surface area contributed by atoms with E-state index in [4.69, 9.17) is 5.11 Å². The molecule has 0 aliphatic carbocycles. The molecule has 0 heterocycles. The predicted molar refractivity (Wildman–Crippen MR) is 40.0 cm³/mol. The van der Waals surface area contributed by atoms with Gasteiger partial charge in [0.2, 0.25) is 0 Å². The van der Waals surface area contributed by atoms with Crippen molar-refractivity contribution in [2.75, 3.05) is 0 Å². The summed E-state index contributed by atoms with van der Waals surface area (Å²) >= 11 is 0. The second-order valence-electron chi connectivity index (χ2n) is 1.84. The van der Waals surface area contributed by atoms with Crippen LogP contribution in [0.25, 0.3) is 0 Å². The first-order chi connectivity index (χ1) is 3.79. The van der Waals surface area contributed by atoms with E-state index in [0.717, 1.165) is 5.56 Å². The molecule has 0 atom stereocenters. The van der Waals surface area contributed by atoms with E-state index in [9.17, 15) is 0 Å². The van der Waals surface area contributed by atoms with Crippen LogP contribution < -0.4 is 0 Å². The molecular formula is C7H9LiO. The number of aromatic hydroxyl groups is 1. The summed E-state index contributed by atoms with van der Waals surface area (Å²) in [7, 11) is 0. The predicted octanol–water partition coefficient (Wildman–Crippen LogP) is 1.05. The Morgan fingerprint density at radius 1 is 1.33 bits per heavy atom. The summed E-state index contributed by atoms with van der Waals surface area (Å²) in [6.45, 7) is 1.94. The first-order valence-electron chi connectivity index (χ1n) is 2.54. The van der Waals surface area contributed by atoms with E-state index in [-0.39, 0.29) is 18.9 Å². The fourth-order valence-electron chi connectivity index (χ4n) is 0.628. The summed E-state index contributed by atoms with van der Waals surface area (Å²) < 4.78 is 0. The van der Waals surface area contributed by atoms with Crippen LogP contribution in [0.4, 0.5) is 0 Å². The zero-order valence-corrected chi connectivity index (χ0v) is 4.76. The summed E-state index contributed by atoms with van der Waals surface area (Å²) in [6.07, 6.45) is 0. The molecule has 0 radical (unpaired) electrons. The van der Waals surface area contributed by atoms with E-state index in [0.29, 0.717) is 5.75 Å². The molecule has 0 saturated carbocycles. The summed E-state index contributed by atoms with van der Waals surface area (Å²) in [5, 5.41) is 8.81. The Morgan fingerprint density at radius 2 is 2.00 bits per heavy atom. The third-order valence-electron chi connectivity index (χ3n) is 1.00. The molecule has 0 aromatic heterocycles. The number of phenols is 1. The number of hydrogen-bond donors (Lipinski definition) is 1. The Kier molecular flexibility index (Phi) is 3.45. The van der Waals surface area contributed by atoms with Gasteiger partial charge < -0.3 is 5.11 Å². The maximum absolute atomic E-state index is 8.81. The minimum atomic E-state index is 0. The molecular weight excluding hydrogens is 107 g/mol. The van der Waals surface area contributed by atoms with Crippen LogP contribution in [-0.4, -0.2) is 24.0 Å².